The van der Waals surface area contributed by atoms with E-state index < -0.39 is 0 Å². The summed E-state index contributed by atoms with van der Waals surface area (Å²) in [5, 5.41) is 3.08. The third-order valence-corrected chi connectivity index (χ3v) is 4.54. The Kier molecular flexibility index (Phi) is 2.24. The van der Waals surface area contributed by atoms with Gasteiger partial charge in [-0.05, 0) is 11.6 Å². The van der Waals surface area contributed by atoms with Gasteiger partial charge in [-0.2, -0.15) is 0 Å². The van der Waals surface area contributed by atoms with Crippen molar-refractivity contribution < 1.29 is 23.5 Å². The van der Waals surface area contributed by atoms with E-state index in [-0.39, 0.29) is 18.9 Å². The van der Waals surface area contributed by atoms with Crippen LogP contribution >= 0.6 is 0 Å². The summed E-state index contributed by atoms with van der Waals surface area (Å²) in [5.74, 6) is 2.18. The molecule has 0 saturated carbocycles. The Morgan fingerprint density at radius 3 is 3.10 bits per heavy atom. The van der Waals surface area contributed by atoms with Crippen molar-refractivity contribution in [1.29, 1.82) is 0 Å². The topological polar surface area (TPSA) is 56.8 Å². The van der Waals surface area contributed by atoms with Crippen LogP contribution in [0.5, 0.6) is 17.2 Å². The summed E-state index contributed by atoms with van der Waals surface area (Å²) in [4.78, 5) is 11.8. The quantitative estimate of drug-likeness (QED) is 0.762. The van der Waals surface area contributed by atoms with E-state index in [1.165, 1.54) is 5.56 Å². The number of quaternary nitrogens is 1. The lowest BCUT2D eigenvalue weighted by Crippen LogP contribution is -2.49. The van der Waals surface area contributed by atoms with Crippen molar-refractivity contribution in [3.8, 4) is 17.2 Å². The van der Waals surface area contributed by atoms with Crippen LogP contribution in [0.25, 0.3) is 0 Å². The molecule has 6 nitrogen and oxygen atoms in total. The fraction of sp³-hybridized carbons (Fsp3) is 0.500. The van der Waals surface area contributed by atoms with Gasteiger partial charge >= 0.3 is 0 Å². The van der Waals surface area contributed by atoms with Gasteiger partial charge in [0.2, 0.25) is 12.5 Å². The van der Waals surface area contributed by atoms with E-state index in [2.05, 4.69) is 12.4 Å². The van der Waals surface area contributed by atoms with Gasteiger partial charge in [0, 0.05) is 6.42 Å². The van der Waals surface area contributed by atoms with Gasteiger partial charge in [0.1, 0.15) is 0 Å². The van der Waals surface area contributed by atoms with Crippen molar-refractivity contribution in [2.75, 3.05) is 34.0 Å². The Morgan fingerprint density at radius 1 is 1.45 bits per heavy atom. The van der Waals surface area contributed by atoms with Crippen LogP contribution in [0.3, 0.4) is 0 Å². The molecule has 1 aromatic rings. The smallest absolute Gasteiger partial charge is 0.280 e. The lowest BCUT2D eigenvalue weighted by molar-refractivity contribution is -0.927. The highest BCUT2D eigenvalue weighted by molar-refractivity contribution is 5.79. The van der Waals surface area contributed by atoms with E-state index >= 15 is 0 Å². The molecule has 2 atom stereocenters. The molecule has 0 bridgehead atoms. The van der Waals surface area contributed by atoms with Crippen LogP contribution in [0.4, 0.5) is 0 Å². The molecule has 0 aliphatic carbocycles. The first-order valence-electron chi connectivity index (χ1n) is 6.75. The number of carbonyl (C=O) groups is 1. The zero-order valence-corrected chi connectivity index (χ0v) is 11.6. The number of likely N-dealkylation sites (N-methyl/N-ethyl adjacent to an activating group) is 1. The molecular weight excluding hydrogens is 260 g/mol. The summed E-state index contributed by atoms with van der Waals surface area (Å²) in [6.07, 6.45) is 0.847. The highest BCUT2D eigenvalue weighted by Crippen LogP contribution is 2.50. The fourth-order valence-electron chi connectivity index (χ4n) is 3.53. The zero-order valence-electron chi connectivity index (χ0n) is 11.6. The molecule has 0 aromatic heterocycles. The first kappa shape index (κ1) is 11.8. The second-order valence-corrected chi connectivity index (χ2v) is 5.80. The number of fused-ring (bicyclic) bond motifs is 4. The molecule has 3 heterocycles. The normalized spacial score (nSPS) is 29.7. The molecular formula is C14H17N2O4+. The first-order chi connectivity index (χ1) is 9.62. The average Bonchev–Trinajstić information content (AvgIpc) is 2.98. The number of nitrogens with zero attached hydrogens (tertiary/aromatic N) is 1. The van der Waals surface area contributed by atoms with E-state index in [0.29, 0.717) is 22.5 Å². The number of carbonyl (C=O) groups excluding carboxylic acids is 1. The molecule has 3 aliphatic rings. The molecule has 1 amide bonds. The van der Waals surface area contributed by atoms with Gasteiger partial charge < -0.3 is 14.2 Å². The van der Waals surface area contributed by atoms with Crippen molar-refractivity contribution in [3.05, 3.63) is 17.2 Å². The van der Waals surface area contributed by atoms with E-state index in [4.69, 9.17) is 14.2 Å². The highest BCUT2D eigenvalue weighted by atomic mass is 16.7. The van der Waals surface area contributed by atoms with Gasteiger partial charge in [-0.3, -0.25) is 14.6 Å². The molecule has 0 unspecified atom stereocenters. The molecule has 3 aliphatic heterocycles. The Hall–Kier alpha value is -1.95. The number of hydrogen-bond acceptors (Lipinski definition) is 4. The van der Waals surface area contributed by atoms with Crippen LogP contribution < -0.4 is 19.5 Å². The molecule has 106 valence electrons. The molecule has 0 spiro atoms. The van der Waals surface area contributed by atoms with E-state index in [1.54, 1.807) is 7.11 Å². The first-order valence-corrected chi connectivity index (χ1v) is 6.75. The summed E-state index contributed by atoms with van der Waals surface area (Å²) in [7, 11) is 3.74. The molecule has 20 heavy (non-hydrogen) atoms. The summed E-state index contributed by atoms with van der Waals surface area (Å²) in [6.45, 7) is 1.67. The molecule has 1 fully saturated rings. The molecule has 1 saturated heterocycles. The van der Waals surface area contributed by atoms with E-state index in [9.17, 15) is 4.79 Å². The van der Waals surface area contributed by atoms with Gasteiger partial charge in [0.05, 0.1) is 26.3 Å². The van der Waals surface area contributed by atoms with Crippen molar-refractivity contribution in [3.63, 3.8) is 0 Å². The molecule has 4 rings (SSSR count). The minimum atomic E-state index is -0.0595. The molecule has 6 heteroatoms. The summed E-state index contributed by atoms with van der Waals surface area (Å²) in [5.41, 5.74) is 2.21. The lowest BCUT2D eigenvalue weighted by atomic mass is 9.94. The van der Waals surface area contributed by atoms with E-state index in [1.807, 2.05) is 6.07 Å². The second-order valence-electron chi connectivity index (χ2n) is 5.80. The third-order valence-electron chi connectivity index (χ3n) is 4.54. The molecule has 1 aromatic carbocycles. The van der Waals surface area contributed by atoms with Gasteiger partial charge in [-0.25, -0.2) is 0 Å². The van der Waals surface area contributed by atoms with Crippen molar-refractivity contribution in [2.24, 2.45) is 0 Å². The number of rotatable bonds is 1. The summed E-state index contributed by atoms with van der Waals surface area (Å²) < 4.78 is 17.3. The van der Waals surface area contributed by atoms with Crippen molar-refractivity contribution in [1.82, 2.24) is 5.32 Å². The number of benzene rings is 1. The predicted molar refractivity (Wildman–Crippen MR) is 69.6 cm³/mol. The Labute approximate surface area is 116 Å². The molecule has 1 N–H and O–H groups in total. The standard InChI is InChI=1S/C14H16N2O4/c1-16-4-3-8-5-9-12(20-7-19-9)13(18-2)11(8)14(16)15-10(17)6-16/h5,14H,3-4,6-7H2,1-2H3/p+1/t14-,16-/m1/s1. The zero-order chi connectivity index (χ0) is 13.9. The number of ether oxygens (including phenoxy) is 3. The van der Waals surface area contributed by atoms with Crippen LogP contribution in [0, 0.1) is 0 Å². The number of nitrogens with one attached hydrogen (secondary N) is 1. The Morgan fingerprint density at radius 2 is 2.30 bits per heavy atom. The van der Waals surface area contributed by atoms with Crippen LogP contribution in [0.15, 0.2) is 6.07 Å². The maximum atomic E-state index is 11.8. The van der Waals surface area contributed by atoms with Gasteiger partial charge in [-0.15, -0.1) is 0 Å². The summed E-state index contributed by atoms with van der Waals surface area (Å²) >= 11 is 0. The van der Waals surface area contributed by atoms with Crippen LogP contribution in [-0.2, 0) is 11.2 Å². The van der Waals surface area contributed by atoms with Crippen LogP contribution in [0.1, 0.15) is 17.3 Å². The SMILES string of the molecule is COc1c2c(cc3c1[C@@H]1NC(=O)C[N@@+]1(C)CC3)OCO2. The van der Waals surface area contributed by atoms with E-state index in [0.717, 1.165) is 24.3 Å². The van der Waals surface area contributed by atoms with Gasteiger partial charge in [0.15, 0.2) is 24.2 Å². The summed E-state index contributed by atoms with van der Waals surface area (Å²) in [6, 6.07) is 2.02. The minimum Gasteiger partial charge on any atom is -0.492 e. The number of methoxy groups -OCH3 is 1. The second kappa shape index (κ2) is 3.79. The minimum absolute atomic E-state index is 0.0595. The monoisotopic (exact) mass is 277 g/mol. The van der Waals surface area contributed by atoms with Crippen molar-refractivity contribution >= 4 is 5.91 Å². The third kappa shape index (κ3) is 1.39. The predicted octanol–water partition coefficient (Wildman–Crippen LogP) is 0.555. The van der Waals surface area contributed by atoms with Gasteiger partial charge in [-0.1, -0.05) is 0 Å². The van der Waals surface area contributed by atoms with Gasteiger partial charge in [0.25, 0.3) is 5.91 Å². The fourth-order valence-corrected chi connectivity index (χ4v) is 3.53. The van der Waals surface area contributed by atoms with Crippen molar-refractivity contribution in [2.45, 2.75) is 12.6 Å². The maximum Gasteiger partial charge on any atom is 0.280 e. The largest absolute Gasteiger partial charge is 0.492 e. The van der Waals surface area contributed by atoms with Crippen LogP contribution in [-0.4, -0.2) is 44.4 Å². The Balaban J connectivity index is 1.93. The van der Waals surface area contributed by atoms with Crippen LogP contribution in [0.2, 0.25) is 0 Å². The molecule has 0 radical (unpaired) electrons. The number of hydrogen-bond donors (Lipinski definition) is 1. The number of amides is 1. The Bertz CT molecular complexity index is 616. The maximum absolute atomic E-state index is 11.8. The highest BCUT2D eigenvalue weighted by Gasteiger charge is 2.49. The lowest BCUT2D eigenvalue weighted by Gasteiger charge is -2.39. The average molecular weight is 277 g/mol.